The molecule has 2 saturated heterocycles. The molecule has 0 bridgehead atoms. The Bertz CT molecular complexity index is 650. The molecule has 1 N–H and O–H groups in total. The lowest BCUT2D eigenvalue weighted by atomic mass is 9.91. The van der Waals surface area contributed by atoms with Crippen LogP contribution < -0.4 is 0 Å². The summed E-state index contributed by atoms with van der Waals surface area (Å²) in [6.07, 6.45) is 2.59. The van der Waals surface area contributed by atoms with Gasteiger partial charge in [0.1, 0.15) is 23.4 Å². The minimum absolute atomic E-state index is 0.0713. The molecule has 0 aromatic carbocycles. The number of likely N-dealkylation sites (tertiary alicyclic amines) is 1. The second-order valence-electron chi connectivity index (χ2n) is 6.46. The first-order valence-electron chi connectivity index (χ1n) is 7.99. The van der Waals surface area contributed by atoms with Crippen LogP contribution in [0.1, 0.15) is 42.1 Å². The summed E-state index contributed by atoms with van der Waals surface area (Å²) >= 11 is 0. The molecule has 2 fully saturated rings. The molecule has 6 nitrogen and oxygen atoms in total. The van der Waals surface area contributed by atoms with Gasteiger partial charge in [-0.15, -0.1) is 0 Å². The molecule has 2 aliphatic heterocycles. The number of aryl methyl sites for hydroxylation is 2. The van der Waals surface area contributed by atoms with Gasteiger partial charge >= 0.3 is 0 Å². The fraction of sp³-hybridized carbons (Fsp3) is 0.625. The zero-order chi connectivity index (χ0) is 15.1. The van der Waals surface area contributed by atoms with E-state index >= 15 is 0 Å². The molecule has 0 spiro atoms. The maximum atomic E-state index is 6.23. The second-order valence-corrected chi connectivity index (χ2v) is 6.46. The highest BCUT2D eigenvalue weighted by Gasteiger charge is 2.40. The van der Waals surface area contributed by atoms with Crippen LogP contribution >= 0.6 is 0 Å². The summed E-state index contributed by atoms with van der Waals surface area (Å²) in [5.74, 6) is 4.30. The molecule has 4 heterocycles. The first kappa shape index (κ1) is 14.0. The van der Waals surface area contributed by atoms with E-state index in [1.807, 2.05) is 19.9 Å². The van der Waals surface area contributed by atoms with Crippen LogP contribution in [0.2, 0.25) is 0 Å². The molecule has 0 amide bonds. The SMILES string of the molecule is Cc1n[nH]c([C@H]2C[C@@H]3CCN(Cc4ccc(C)o4)C[C@H]3O2)n1. The molecule has 0 saturated carbocycles. The van der Waals surface area contributed by atoms with Crippen LogP contribution in [0.4, 0.5) is 0 Å². The van der Waals surface area contributed by atoms with Crippen molar-refractivity contribution in [3.8, 4) is 0 Å². The van der Waals surface area contributed by atoms with Crippen molar-refractivity contribution in [1.29, 1.82) is 0 Å². The van der Waals surface area contributed by atoms with Gasteiger partial charge in [-0.1, -0.05) is 0 Å². The zero-order valence-electron chi connectivity index (χ0n) is 13.1. The Morgan fingerprint density at radius 2 is 2.27 bits per heavy atom. The summed E-state index contributed by atoms with van der Waals surface area (Å²) in [5.41, 5.74) is 0. The van der Waals surface area contributed by atoms with E-state index < -0.39 is 0 Å². The third-order valence-corrected chi connectivity index (χ3v) is 4.73. The summed E-state index contributed by atoms with van der Waals surface area (Å²) in [7, 11) is 0. The van der Waals surface area contributed by atoms with Gasteiger partial charge < -0.3 is 9.15 Å². The van der Waals surface area contributed by atoms with Crippen LogP contribution in [0.5, 0.6) is 0 Å². The van der Waals surface area contributed by atoms with Crippen molar-refractivity contribution in [2.75, 3.05) is 13.1 Å². The number of hydrogen-bond donors (Lipinski definition) is 1. The summed E-state index contributed by atoms with van der Waals surface area (Å²) in [6.45, 7) is 6.82. The van der Waals surface area contributed by atoms with E-state index in [1.165, 1.54) is 6.42 Å². The van der Waals surface area contributed by atoms with Crippen molar-refractivity contribution < 1.29 is 9.15 Å². The number of aromatic amines is 1. The number of hydrogen-bond acceptors (Lipinski definition) is 5. The number of ether oxygens (including phenoxy) is 1. The van der Waals surface area contributed by atoms with Crippen molar-refractivity contribution in [1.82, 2.24) is 20.1 Å². The molecule has 6 heteroatoms. The van der Waals surface area contributed by atoms with E-state index in [-0.39, 0.29) is 6.10 Å². The molecule has 2 aromatic heterocycles. The monoisotopic (exact) mass is 302 g/mol. The predicted octanol–water partition coefficient (Wildman–Crippen LogP) is 2.37. The van der Waals surface area contributed by atoms with Crippen molar-refractivity contribution in [3.05, 3.63) is 35.3 Å². The molecular weight excluding hydrogens is 280 g/mol. The Balaban J connectivity index is 1.39. The largest absolute Gasteiger partial charge is 0.465 e. The first-order valence-corrected chi connectivity index (χ1v) is 7.99. The van der Waals surface area contributed by atoms with Gasteiger partial charge in [-0.05, 0) is 51.3 Å². The van der Waals surface area contributed by atoms with Crippen LogP contribution in [0.25, 0.3) is 0 Å². The third kappa shape index (κ3) is 2.68. The molecule has 118 valence electrons. The number of aromatic nitrogens is 3. The van der Waals surface area contributed by atoms with E-state index in [2.05, 4.69) is 26.1 Å². The molecule has 3 atom stereocenters. The Morgan fingerprint density at radius 3 is 3.00 bits per heavy atom. The number of nitrogens with one attached hydrogen (secondary N) is 1. The first-order chi connectivity index (χ1) is 10.7. The average molecular weight is 302 g/mol. The van der Waals surface area contributed by atoms with Gasteiger partial charge in [-0.2, -0.15) is 5.10 Å². The standard InChI is InChI=1S/C16H22N4O2/c1-10-3-4-13(21-10)8-20-6-5-12-7-14(22-15(12)9-20)16-17-11(2)18-19-16/h3-4,12,14-15H,5-9H2,1-2H3,(H,17,18,19)/t12-,14+,15+/m0/s1. The number of fused-ring (bicyclic) bond motifs is 1. The van der Waals surface area contributed by atoms with Crippen LogP contribution in [-0.2, 0) is 11.3 Å². The van der Waals surface area contributed by atoms with Gasteiger partial charge in [0.25, 0.3) is 0 Å². The normalized spacial score (nSPS) is 28.9. The lowest BCUT2D eigenvalue weighted by Crippen LogP contribution is -2.41. The zero-order valence-corrected chi connectivity index (χ0v) is 13.1. The highest BCUT2D eigenvalue weighted by atomic mass is 16.5. The van der Waals surface area contributed by atoms with Crippen molar-refractivity contribution in [2.45, 2.75) is 45.4 Å². The van der Waals surface area contributed by atoms with E-state index in [0.29, 0.717) is 12.0 Å². The average Bonchev–Trinajstić information content (AvgIpc) is 3.18. The molecule has 22 heavy (non-hydrogen) atoms. The number of furan rings is 1. The fourth-order valence-corrected chi connectivity index (χ4v) is 3.61. The molecule has 0 radical (unpaired) electrons. The van der Waals surface area contributed by atoms with Gasteiger partial charge in [-0.25, -0.2) is 4.98 Å². The van der Waals surface area contributed by atoms with E-state index in [9.17, 15) is 0 Å². The van der Waals surface area contributed by atoms with Gasteiger partial charge in [0.2, 0.25) is 0 Å². The van der Waals surface area contributed by atoms with Crippen molar-refractivity contribution >= 4 is 0 Å². The van der Waals surface area contributed by atoms with Crippen LogP contribution in [0.3, 0.4) is 0 Å². The fourth-order valence-electron chi connectivity index (χ4n) is 3.61. The number of piperidine rings is 1. The Hall–Kier alpha value is -1.66. The molecular formula is C16H22N4O2. The second kappa shape index (κ2) is 5.52. The summed E-state index contributed by atoms with van der Waals surface area (Å²) < 4.78 is 11.9. The summed E-state index contributed by atoms with van der Waals surface area (Å²) in [6, 6.07) is 4.09. The van der Waals surface area contributed by atoms with Gasteiger partial charge in [-0.3, -0.25) is 10.00 Å². The maximum Gasteiger partial charge on any atom is 0.153 e. The molecule has 2 aromatic rings. The van der Waals surface area contributed by atoms with Gasteiger partial charge in [0.05, 0.1) is 12.6 Å². The van der Waals surface area contributed by atoms with Crippen molar-refractivity contribution in [2.24, 2.45) is 5.92 Å². The van der Waals surface area contributed by atoms with E-state index in [4.69, 9.17) is 9.15 Å². The van der Waals surface area contributed by atoms with Crippen LogP contribution in [0.15, 0.2) is 16.5 Å². The highest BCUT2D eigenvalue weighted by molar-refractivity contribution is 5.06. The molecule has 4 rings (SSSR count). The highest BCUT2D eigenvalue weighted by Crippen LogP contribution is 2.40. The van der Waals surface area contributed by atoms with Gasteiger partial charge in [0.15, 0.2) is 5.82 Å². The Morgan fingerprint density at radius 1 is 1.36 bits per heavy atom. The smallest absolute Gasteiger partial charge is 0.153 e. The molecule has 0 unspecified atom stereocenters. The number of H-pyrrole nitrogens is 1. The Kier molecular flexibility index (Phi) is 3.50. The molecule has 0 aliphatic carbocycles. The third-order valence-electron chi connectivity index (χ3n) is 4.73. The lowest BCUT2D eigenvalue weighted by Gasteiger charge is -2.33. The number of nitrogens with zero attached hydrogens (tertiary/aromatic N) is 3. The number of rotatable bonds is 3. The summed E-state index contributed by atoms with van der Waals surface area (Å²) in [4.78, 5) is 6.84. The van der Waals surface area contributed by atoms with Gasteiger partial charge in [0, 0.05) is 6.54 Å². The predicted molar refractivity (Wildman–Crippen MR) is 80.2 cm³/mol. The minimum atomic E-state index is 0.0713. The minimum Gasteiger partial charge on any atom is -0.465 e. The van der Waals surface area contributed by atoms with E-state index in [0.717, 1.165) is 49.2 Å². The summed E-state index contributed by atoms with van der Waals surface area (Å²) in [5, 5.41) is 7.11. The lowest BCUT2D eigenvalue weighted by molar-refractivity contribution is -0.0132. The van der Waals surface area contributed by atoms with Crippen molar-refractivity contribution in [3.63, 3.8) is 0 Å². The quantitative estimate of drug-likeness (QED) is 0.943. The van der Waals surface area contributed by atoms with Crippen LogP contribution in [-0.4, -0.2) is 39.3 Å². The Labute approximate surface area is 129 Å². The van der Waals surface area contributed by atoms with Crippen LogP contribution in [0, 0.1) is 19.8 Å². The maximum absolute atomic E-state index is 6.23. The van der Waals surface area contributed by atoms with E-state index in [1.54, 1.807) is 0 Å². The topological polar surface area (TPSA) is 67.2 Å². The molecule has 2 aliphatic rings.